The Morgan fingerprint density at radius 1 is 1.10 bits per heavy atom. The van der Waals surface area contributed by atoms with Crippen LogP contribution in [0.25, 0.3) is 0 Å². The molecule has 3 rings (SSSR count). The summed E-state index contributed by atoms with van der Waals surface area (Å²) >= 11 is 0. The van der Waals surface area contributed by atoms with E-state index in [4.69, 9.17) is 14.2 Å². The predicted molar refractivity (Wildman–Crippen MR) is 100 cm³/mol. The molecule has 0 bridgehead atoms. The first kappa shape index (κ1) is 21.0. The van der Waals surface area contributed by atoms with Crippen molar-refractivity contribution >= 4 is 23.5 Å². The van der Waals surface area contributed by atoms with Crippen molar-refractivity contribution in [1.82, 2.24) is 5.32 Å². The van der Waals surface area contributed by atoms with E-state index in [2.05, 4.69) is 10.6 Å². The Labute approximate surface area is 170 Å². The number of carbonyl (C=O) groups is 3. The van der Waals surface area contributed by atoms with Crippen LogP contribution in [0.5, 0.6) is 11.5 Å². The van der Waals surface area contributed by atoms with E-state index in [-0.39, 0.29) is 25.3 Å². The van der Waals surface area contributed by atoms with Gasteiger partial charge in [-0.2, -0.15) is 0 Å². The van der Waals surface area contributed by atoms with Crippen molar-refractivity contribution in [2.45, 2.75) is 19.4 Å². The van der Waals surface area contributed by atoms with Gasteiger partial charge < -0.3 is 24.8 Å². The summed E-state index contributed by atoms with van der Waals surface area (Å²) in [5.74, 6) is -2.85. The van der Waals surface area contributed by atoms with Crippen LogP contribution in [0, 0.1) is 11.6 Å². The van der Waals surface area contributed by atoms with Gasteiger partial charge in [0.25, 0.3) is 11.8 Å². The number of carbonyl (C=O) groups excluding carboxylic acids is 3. The zero-order valence-electron chi connectivity index (χ0n) is 15.9. The van der Waals surface area contributed by atoms with Crippen molar-refractivity contribution in [1.29, 1.82) is 0 Å². The lowest BCUT2D eigenvalue weighted by Crippen LogP contribution is -2.32. The largest absolute Gasteiger partial charge is 0.454 e. The first-order valence-electron chi connectivity index (χ1n) is 8.96. The van der Waals surface area contributed by atoms with Crippen LogP contribution in [-0.4, -0.2) is 37.2 Å². The molecule has 0 aliphatic carbocycles. The van der Waals surface area contributed by atoms with E-state index >= 15 is 0 Å². The van der Waals surface area contributed by atoms with Crippen LogP contribution in [0.15, 0.2) is 36.4 Å². The summed E-state index contributed by atoms with van der Waals surface area (Å²) in [6.45, 7) is 1.35. The van der Waals surface area contributed by atoms with Gasteiger partial charge in [0.05, 0.1) is 12.0 Å². The fraction of sp³-hybridized carbons (Fsp3) is 0.250. The number of amides is 2. The molecular weight excluding hydrogens is 402 g/mol. The van der Waals surface area contributed by atoms with Crippen LogP contribution in [0.4, 0.5) is 14.5 Å². The maximum Gasteiger partial charge on any atom is 0.308 e. The molecule has 1 unspecified atom stereocenters. The van der Waals surface area contributed by atoms with Gasteiger partial charge in [0.15, 0.2) is 17.6 Å². The summed E-state index contributed by atoms with van der Waals surface area (Å²) in [4.78, 5) is 35.9. The second kappa shape index (κ2) is 9.21. The van der Waals surface area contributed by atoms with E-state index in [0.29, 0.717) is 23.3 Å². The minimum Gasteiger partial charge on any atom is -0.454 e. The quantitative estimate of drug-likeness (QED) is 0.667. The second-order valence-corrected chi connectivity index (χ2v) is 6.32. The van der Waals surface area contributed by atoms with E-state index < -0.39 is 35.5 Å². The molecule has 0 saturated carbocycles. The Morgan fingerprint density at radius 2 is 1.87 bits per heavy atom. The Bertz CT molecular complexity index is 982. The Morgan fingerprint density at radius 3 is 2.63 bits per heavy atom. The molecule has 0 aromatic heterocycles. The lowest BCUT2D eigenvalue weighted by Gasteiger charge is -2.14. The van der Waals surface area contributed by atoms with Crippen LogP contribution in [-0.2, 0) is 14.3 Å². The summed E-state index contributed by atoms with van der Waals surface area (Å²) in [6.07, 6.45) is -1.33. The monoisotopic (exact) mass is 420 g/mol. The van der Waals surface area contributed by atoms with E-state index in [1.165, 1.54) is 6.92 Å². The smallest absolute Gasteiger partial charge is 0.308 e. The normalized spacial score (nSPS) is 12.8. The predicted octanol–water partition coefficient (Wildman–Crippen LogP) is 2.38. The Balaban J connectivity index is 1.42. The van der Waals surface area contributed by atoms with Gasteiger partial charge in [-0.05, 0) is 31.2 Å². The molecule has 2 amide bonds. The topological polar surface area (TPSA) is 103 Å². The van der Waals surface area contributed by atoms with Crippen molar-refractivity contribution in [2.75, 3.05) is 18.7 Å². The average molecular weight is 420 g/mol. The molecule has 8 nitrogen and oxygen atoms in total. The van der Waals surface area contributed by atoms with E-state index in [9.17, 15) is 23.2 Å². The molecule has 0 radical (unpaired) electrons. The first-order chi connectivity index (χ1) is 14.3. The van der Waals surface area contributed by atoms with Gasteiger partial charge in [-0.3, -0.25) is 14.4 Å². The zero-order chi connectivity index (χ0) is 21.7. The summed E-state index contributed by atoms with van der Waals surface area (Å²) in [5.41, 5.74) is 0.0991. The van der Waals surface area contributed by atoms with Gasteiger partial charge in [0, 0.05) is 24.4 Å². The SMILES string of the molecule is CC(OC(=O)CCNC(=O)c1ccc(F)cc1F)C(=O)Nc1ccc2c(c1)OCO2. The van der Waals surface area contributed by atoms with E-state index in [1.54, 1.807) is 18.2 Å². The summed E-state index contributed by atoms with van der Waals surface area (Å²) in [6, 6.07) is 7.38. The van der Waals surface area contributed by atoms with Crippen molar-refractivity contribution in [3.8, 4) is 11.5 Å². The highest BCUT2D eigenvalue weighted by Crippen LogP contribution is 2.34. The van der Waals surface area contributed by atoms with Gasteiger partial charge in [0.1, 0.15) is 11.6 Å². The number of esters is 1. The van der Waals surface area contributed by atoms with E-state index in [1.807, 2.05) is 0 Å². The standard InChI is InChI=1S/C20H18F2N2O6/c1-11(19(26)24-13-3-5-16-17(9-13)29-10-28-16)30-18(25)6-7-23-20(27)14-4-2-12(21)8-15(14)22/h2-5,8-9,11H,6-7,10H2,1H3,(H,23,27)(H,24,26). The number of anilines is 1. The Kier molecular flexibility index (Phi) is 6.45. The molecule has 2 aromatic rings. The van der Waals surface area contributed by atoms with Gasteiger partial charge >= 0.3 is 5.97 Å². The minimum absolute atomic E-state index is 0.102. The lowest BCUT2D eigenvalue weighted by molar-refractivity contribution is -0.153. The summed E-state index contributed by atoms with van der Waals surface area (Å²) in [7, 11) is 0. The molecule has 1 heterocycles. The number of rotatable bonds is 7. The molecule has 1 atom stereocenters. The fourth-order valence-electron chi connectivity index (χ4n) is 2.57. The van der Waals surface area contributed by atoms with Crippen LogP contribution in [0.3, 0.4) is 0 Å². The van der Waals surface area contributed by atoms with Gasteiger partial charge in [-0.15, -0.1) is 0 Å². The van der Waals surface area contributed by atoms with Crippen molar-refractivity contribution in [3.63, 3.8) is 0 Å². The zero-order valence-corrected chi connectivity index (χ0v) is 15.9. The summed E-state index contributed by atoms with van der Waals surface area (Å²) < 4.78 is 41.8. The third-order valence-corrected chi connectivity index (χ3v) is 4.11. The number of benzene rings is 2. The average Bonchev–Trinajstić information content (AvgIpc) is 3.15. The molecule has 1 aliphatic rings. The lowest BCUT2D eigenvalue weighted by atomic mass is 10.2. The van der Waals surface area contributed by atoms with Gasteiger partial charge in [-0.1, -0.05) is 0 Å². The summed E-state index contributed by atoms with van der Waals surface area (Å²) in [5, 5.41) is 4.92. The molecule has 2 N–H and O–H groups in total. The van der Waals surface area contributed by atoms with Crippen molar-refractivity contribution < 1.29 is 37.4 Å². The van der Waals surface area contributed by atoms with Crippen LogP contribution >= 0.6 is 0 Å². The Hall–Kier alpha value is -3.69. The molecule has 10 heteroatoms. The van der Waals surface area contributed by atoms with Crippen molar-refractivity contribution in [3.05, 3.63) is 53.6 Å². The number of nitrogens with one attached hydrogen (secondary N) is 2. The maximum absolute atomic E-state index is 13.5. The number of halogens is 2. The number of hydrogen-bond donors (Lipinski definition) is 2. The van der Waals surface area contributed by atoms with E-state index in [0.717, 1.165) is 12.1 Å². The fourth-order valence-corrected chi connectivity index (χ4v) is 2.57. The molecule has 158 valence electrons. The minimum atomic E-state index is -1.09. The molecular formula is C20H18F2N2O6. The molecule has 30 heavy (non-hydrogen) atoms. The third kappa shape index (κ3) is 5.22. The highest BCUT2D eigenvalue weighted by atomic mass is 19.1. The number of hydrogen-bond acceptors (Lipinski definition) is 6. The first-order valence-corrected chi connectivity index (χ1v) is 8.96. The van der Waals surface area contributed by atoms with Crippen LogP contribution in [0.2, 0.25) is 0 Å². The number of ether oxygens (including phenoxy) is 3. The second-order valence-electron chi connectivity index (χ2n) is 6.32. The highest BCUT2D eigenvalue weighted by molar-refractivity contribution is 5.96. The van der Waals surface area contributed by atoms with Gasteiger partial charge in [-0.25, -0.2) is 8.78 Å². The molecule has 0 saturated heterocycles. The number of fused-ring (bicyclic) bond motifs is 1. The van der Waals surface area contributed by atoms with Crippen molar-refractivity contribution in [2.24, 2.45) is 0 Å². The molecule has 1 aliphatic heterocycles. The van der Waals surface area contributed by atoms with Gasteiger partial charge in [0.2, 0.25) is 6.79 Å². The third-order valence-electron chi connectivity index (χ3n) is 4.11. The molecule has 2 aromatic carbocycles. The van der Waals surface area contributed by atoms with Crippen LogP contribution < -0.4 is 20.1 Å². The molecule has 0 fully saturated rings. The highest BCUT2D eigenvalue weighted by Gasteiger charge is 2.20. The maximum atomic E-state index is 13.5. The van der Waals surface area contributed by atoms with Crippen LogP contribution in [0.1, 0.15) is 23.7 Å². The molecule has 0 spiro atoms.